The fourth-order valence-corrected chi connectivity index (χ4v) is 4.96. The third kappa shape index (κ3) is 4.88. The number of aliphatic hydroxyl groups is 1. The molecule has 35 heavy (non-hydrogen) atoms. The van der Waals surface area contributed by atoms with Crippen LogP contribution in [0.15, 0.2) is 42.9 Å². The molecule has 4 aromatic heterocycles. The summed E-state index contributed by atoms with van der Waals surface area (Å²) in [6, 6.07) is 5.37. The van der Waals surface area contributed by atoms with Crippen LogP contribution < -0.4 is 10.1 Å². The van der Waals surface area contributed by atoms with Crippen molar-refractivity contribution in [3.05, 3.63) is 65.0 Å². The fourth-order valence-electron chi connectivity index (χ4n) is 3.94. The van der Waals surface area contributed by atoms with Gasteiger partial charge in [-0.3, -0.25) is 20.1 Å². The predicted octanol–water partition coefficient (Wildman–Crippen LogP) is 5.30. The van der Waals surface area contributed by atoms with Gasteiger partial charge in [-0.15, -0.1) is 0 Å². The van der Waals surface area contributed by atoms with E-state index in [4.69, 9.17) is 17.7 Å². The molecule has 0 radical (unpaired) electrons. The first-order valence-electron chi connectivity index (χ1n) is 11.4. The summed E-state index contributed by atoms with van der Waals surface area (Å²) in [6.07, 6.45) is 6.36. The number of methoxy groups -OCH3 is 1. The lowest BCUT2D eigenvalue weighted by Gasteiger charge is -2.16. The molecule has 10 heteroatoms. The molecular weight excluding hydrogens is 486 g/mol. The van der Waals surface area contributed by atoms with Gasteiger partial charge in [-0.25, -0.2) is 9.97 Å². The number of fused-ring (bicyclic) bond motifs is 1. The summed E-state index contributed by atoms with van der Waals surface area (Å²) >= 11 is 7.47. The number of rotatable bonds is 5. The van der Waals surface area contributed by atoms with Crippen molar-refractivity contribution in [1.82, 2.24) is 19.9 Å². The highest BCUT2D eigenvalue weighted by Crippen LogP contribution is 2.35. The van der Waals surface area contributed by atoms with Crippen LogP contribution in [0.2, 0.25) is 5.15 Å². The average molecular weight is 509 g/mol. The minimum absolute atomic E-state index is 0.270. The molecule has 0 spiro atoms. The molecule has 0 saturated carbocycles. The molecule has 8 nitrogen and oxygen atoms in total. The Morgan fingerprint density at radius 3 is 2.86 bits per heavy atom. The first-order valence-corrected chi connectivity index (χ1v) is 12.1. The topological polar surface area (TPSA) is 110 Å². The smallest absolute Gasteiger partial charge is 0.259 e. The van der Waals surface area contributed by atoms with Gasteiger partial charge in [0.2, 0.25) is 0 Å². The number of nitrogens with zero attached hydrogens (tertiary/aromatic N) is 4. The zero-order valence-electron chi connectivity index (χ0n) is 20.0. The molecule has 0 aromatic carbocycles. The number of aromatic nitrogens is 4. The third-order valence-electron chi connectivity index (χ3n) is 5.72. The van der Waals surface area contributed by atoms with Crippen LogP contribution in [0.1, 0.15) is 42.4 Å². The van der Waals surface area contributed by atoms with Crippen molar-refractivity contribution in [3.8, 4) is 16.9 Å². The van der Waals surface area contributed by atoms with E-state index in [9.17, 15) is 9.90 Å². The van der Waals surface area contributed by atoms with Crippen molar-refractivity contribution in [3.63, 3.8) is 0 Å². The number of carbonyl (C=O) groups is 1. The second-order valence-corrected chi connectivity index (χ2v) is 9.51. The normalized spacial score (nSPS) is 18.2. The summed E-state index contributed by atoms with van der Waals surface area (Å²) in [4.78, 5) is 30.7. The van der Waals surface area contributed by atoms with Crippen LogP contribution in [-0.4, -0.2) is 44.1 Å². The number of aryl methyl sites for hydroxylation is 1. The number of hydrogen-bond acceptors (Lipinski definition) is 8. The highest BCUT2D eigenvalue weighted by atomic mass is 35.5. The number of ether oxygens (including phenoxy) is 1. The second kappa shape index (κ2) is 9.69. The van der Waals surface area contributed by atoms with E-state index >= 15 is 0 Å². The molecule has 2 N–H and O–H groups in total. The van der Waals surface area contributed by atoms with E-state index in [0.29, 0.717) is 45.9 Å². The number of nitrogens with one attached hydrogen (secondary N) is 1. The van der Waals surface area contributed by atoms with E-state index in [1.54, 1.807) is 18.3 Å². The summed E-state index contributed by atoms with van der Waals surface area (Å²) in [5.74, 6) is 0.114. The highest BCUT2D eigenvalue weighted by Gasteiger charge is 2.20. The SMILES string of the molecule is [2H]C1(O)CC=C(c2cc3sc(NC(=O)c4cnc(C)cc4-c4cc(Cl)ncc4OC)nc3cn2)CC1. The number of carbonyl (C=O) groups excluding carboxylic acids is 1. The molecule has 1 aliphatic rings. The van der Waals surface area contributed by atoms with Crippen LogP contribution in [0.25, 0.3) is 26.9 Å². The largest absolute Gasteiger partial charge is 0.494 e. The van der Waals surface area contributed by atoms with E-state index in [2.05, 4.69) is 25.3 Å². The molecule has 4 heterocycles. The van der Waals surface area contributed by atoms with Crippen LogP contribution in [0.5, 0.6) is 5.75 Å². The lowest BCUT2D eigenvalue weighted by atomic mass is 9.95. The summed E-state index contributed by atoms with van der Waals surface area (Å²) in [5, 5.41) is 13.5. The number of hydrogen-bond donors (Lipinski definition) is 2. The van der Waals surface area contributed by atoms with Crippen LogP contribution in [0.3, 0.4) is 0 Å². The Morgan fingerprint density at radius 2 is 2.09 bits per heavy atom. The van der Waals surface area contributed by atoms with Gasteiger partial charge < -0.3 is 9.84 Å². The molecule has 1 amide bonds. The quantitative estimate of drug-likeness (QED) is 0.352. The van der Waals surface area contributed by atoms with Crippen LogP contribution in [-0.2, 0) is 0 Å². The van der Waals surface area contributed by atoms with Crippen molar-refractivity contribution >= 4 is 49.8 Å². The fraction of sp³-hybridized carbons (Fsp3) is 0.240. The van der Waals surface area contributed by atoms with E-state index in [1.807, 2.05) is 19.1 Å². The maximum absolute atomic E-state index is 13.3. The summed E-state index contributed by atoms with van der Waals surface area (Å²) in [5.41, 5.74) is 4.76. The maximum atomic E-state index is 13.3. The molecule has 178 valence electrons. The first-order chi connectivity index (χ1) is 17.2. The number of anilines is 1. The van der Waals surface area contributed by atoms with Crippen LogP contribution >= 0.6 is 22.9 Å². The van der Waals surface area contributed by atoms with Crippen molar-refractivity contribution in [2.75, 3.05) is 12.4 Å². The van der Waals surface area contributed by atoms with Crippen molar-refractivity contribution in [2.24, 2.45) is 0 Å². The van der Waals surface area contributed by atoms with E-state index in [0.717, 1.165) is 21.7 Å². The predicted molar refractivity (Wildman–Crippen MR) is 137 cm³/mol. The van der Waals surface area contributed by atoms with Crippen molar-refractivity contribution in [2.45, 2.75) is 32.3 Å². The Labute approximate surface area is 212 Å². The Balaban J connectivity index is 1.44. The standard InChI is InChI=1S/C25H22ClN5O3S/c1-13-7-16(17-8-23(26)29-12-21(17)34-2)18(10-27-13)24(33)31-25-30-20-11-28-19(9-22(20)35-25)14-3-5-15(32)6-4-14/h3,7-12,15,32H,4-6H2,1-2H3,(H,30,31,33)/i15D. The molecule has 0 bridgehead atoms. The van der Waals surface area contributed by atoms with Gasteiger partial charge in [0, 0.05) is 23.0 Å². The molecule has 4 aromatic rings. The molecule has 1 unspecified atom stereocenters. The maximum Gasteiger partial charge on any atom is 0.259 e. The van der Waals surface area contributed by atoms with Gasteiger partial charge in [-0.1, -0.05) is 29.0 Å². The summed E-state index contributed by atoms with van der Waals surface area (Å²) in [6.45, 7) is 1.84. The zero-order valence-corrected chi connectivity index (χ0v) is 20.6. The number of allylic oxidation sites excluding steroid dienone is 1. The lowest BCUT2D eigenvalue weighted by molar-refractivity contribution is 0.102. The van der Waals surface area contributed by atoms with E-state index < -0.39 is 6.08 Å². The molecule has 0 saturated heterocycles. The van der Waals surface area contributed by atoms with Gasteiger partial charge in [0.25, 0.3) is 5.91 Å². The Kier molecular flexibility index (Phi) is 6.12. The average Bonchev–Trinajstić information content (AvgIpc) is 3.25. The van der Waals surface area contributed by atoms with Gasteiger partial charge in [-0.05, 0) is 50.0 Å². The number of thiazole rings is 1. The number of halogens is 1. The molecular formula is C25H22ClN5O3S. The monoisotopic (exact) mass is 508 g/mol. The Morgan fingerprint density at radius 1 is 1.23 bits per heavy atom. The third-order valence-corrected chi connectivity index (χ3v) is 6.86. The van der Waals surface area contributed by atoms with E-state index in [1.165, 1.54) is 30.8 Å². The Hall–Kier alpha value is -3.40. The second-order valence-electron chi connectivity index (χ2n) is 8.09. The van der Waals surface area contributed by atoms with Crippen LogP contribution in [0.4, 0.5) is 5.13 Å². The molecule has 1 aliphatic carbocycles. The summed E-state index contributed by atoms with van der Waals surface area (Å²) < 4.78 is 14.1. The van der Waals surface area contributed by atoms with Gasteiger partial charge in [0.05, 0.1) is 42.9 Å². The molecule has 0 aliphatic heterocycles. The molecule has 1 atom stereocenters. The van der Waals surface area contributed by atoms with Gasteiger partial charge in [-0.2, -0.15) is 0 Å². The molecule has 0 fully saturated rings. The van der Waals surface area contributed by atoms with Crippen LogP contribution in [0, 0.1) is 6.92 Å². The molecule has 5 rings (SSSR count). The minimum atomic E-state index is -1.41. The number of amides is 1. The van der Waals surface area contributed by atoms with Gasteiger partial charge in [0.1, 0.15) is 16.4 Å². The minimum Gasteiger partial charge on any atom is -0.494 e. The first kappa shape index (κ1) is 22.1. The zero-order chi connectivity index (χ0) is 25.4. The van der Waals surface area contributed by atoms with Gasteiger partial charge >= 0.3 is 0 Å². The lowest BCUT2D eigenvalue weighted by Crippen LogP contribution is -2.14. The van der Waals surface area contributed by atoms with Gasteiger partial charge in [0.15, 0.2) is 5.13 Å². The highest BCUT2D eigenvalue weighted by molar-refractivity contribution is 7.22. The van der Waals surface area contributed by atoms with Crippen molar-refractivity contribution < 1.29 is 16.0 Å². The van der Waals surface area contributed by atoms with E-state index in [-0.39, 0.29) is 17.5 Å². The summed E-state index contributed by atoms with van der Waals surface area (Å²) in [7, 11) is 1.53. The number of pyridine rings is 3. The Bertz CT molecular complexity index is 1520. The van der Waals surface area contributed by atoms with Crippen molar-refractivity contribution in [1.29, 1.82) is 0 Å².